The van der Waals surface area contributed by atoms with Gasteiger partial charge in [0.1, 0.15) is 5.75 Å². The molecular formula is C46H46O. The van der Waals surface area contributed by atoms with Gasteiger partial charge >= 0.3 is 0 Å². The zero-order valence-electron chi connectivity index (χ0n) is 29.1. The van der Waals surface area contributed by atoms with Crippen molar-refractivity contribution in [1.29, 1.82) is 0 Å². The Hall–Kier alpha value is -4.36. The summed E-state index contributed by atoms with van der Waals surface area (Å²) in [5.41, 5.74) is 5.34. The van der Waals surface area contributed by atoms with Gasteiger partial charge in [-0.25, -0.2) is 0 Å². The van der Waals surface area contributed by atoms with Gasteiger partial charge in [0, 0.05) is 0 Å². The Morgan fingerprint density at radius 3 is 1.96 bits per heavy atom. The van der Waals surface area contributed by atoms with Gasteiger partial charge in [0.2, 0.25) is 0 Å². The third-order valence-electron chi connectivity index (χ3n) is 10.5. The van der Waals surface area contributed by atoms with Crippen molar-refractivity contribution in [2.24, 2.45) is 0 Å². The van der Waals surface area contributed by atoms with Gasteiger partial charge in [0.25, 0.3) is 0 Å². The van der Waals surface area contributed by atoms with Crippen molar-refractivity contribution in [1.82, 2.24) is 0 Å². The Morgan fingerprint density at radius 1 is 0.511 bits per heavy atom. The topological polar surface area (TPSA) is 9.23 Å². The molecule has 0 bridgehead atoms. The Morgan fingerprint density at radius 2 is 1.23 bits per heavy atom. The Balaban J connectivity index is 1.50. The molecule has 0 fully saturated rings. The van der Waals surface area contributed by atoms with Gasteiger partial charge < -0.3 is 4.74 Å². The molecule has 0 N–H and O–H groups in total. The Bertz CT molecular complexity index is 2410. The number of ether oxygens (including phenoxy) is 1. The molecule has 0 aliphatic rings. The molecule has 0 radical (unpaired) electrons. The molecule has 1 nitrogen and oxygen atoms in total. The summed E-state index contributed by atoms with van der Waals surface area (Å²) in [6, 6.07) is 35.0. The molecule has 8 aromatic rings. The van der Waals surface area contributed by atoms with E-state index in [4.69, 9.17) is 4.74 Å². The Kier molecular flexibility index (Phi) is 6.92. The molecule has 1 heteroatoms. The molecule has 0 saturated carbocycles. The molecule has 0 aromatic heterocycles. The molecule has 0 amide bonds. The van der Waals surface area contributed by atoms with Crippen molar-refractivity contribution >= 4 is 64.6 Å². The fourth-order valence-electron chi connectivity index (χ4n) is 8.05. The average molecular weight is 615 g/mol. The van der Waals surface area contributed by atoms with E-state index in [1.54, 1.807) is 0 Å². The summed E-state index contributed by atoms with van der Waals surface area (Å²) >= 11 is 0. The molecular weight excluding hydrogens is 569 g/mol. The quantitative estimate of drug-likeness (QED) is 0.0986. The summed E-state index contributed by atoms with van der Waals surface area (Å²) in [5, 5.41) is 16.4. The third-order valence-corrected chi connectivity index (χ3v) is 10.5. The highest BCUT2D eigenvalue weighted by molar-refractivity contribution is 6.44. The molecule has 236 valence electrons. The van der Waals surface area contributed by atoms with Crippen LogP contribution in [0, 0.1) is 0 Å². The molecule has 0 saturated heterocycles. The lowest BCUT2D eigenvalue weighted by molar-refractivity contribution is 0.305. The van der Waals surface area contributed by atoms with Crippen LogP contribution in [0.2, 0.25) is 0 Å². The predicted molar refractivity (Wildman–Crippen MR) is 206 cm³/mol. The van der Waals surface area contributed by atoms with E-state index < -0.39 is 0 Å². The first-order valence-electron chi connectivity index (χ1n) is 17.6. The van der Waals surface area contributed by atoms with Crippen molar-refractivity contribution in [3.63, 3.8) is 0 Å². The van der Waals surface area contributed by atoms with Crippen molar-refractivity contribution in [3.05, 3.63) is 102 Å². The van der Waals surface area contributed by atoms with Crippen molar-refractivity contribution < 1.29 is 4.74 Å². The predicted octanol–water partition coefficient (Wildman–Crippen LogP) is 13.7. The number of benzene rings is 8. The minimum absolute atomic E-state index is 0.0412. The smallest absolute Gasteiger partial charge is 0.119 e. The van der Waals surface area contributed by atoms with Crippen LogP contribution in [0.5, 0.6) is 5.75 Å². The lowest BCUT2D eigenvalue weighted by Gasteiger charge is -2.29. The molecule has 0 aliphatic heterocycles. The monoisotopic (exact) mass is 614 g/mol. The van der Waals surface area contributed by atoms with Crippen LogP contribution in [0.25, 0.3) is 75.8 Å². The van der Waals surface area contributed by atoms with Gasteiger partial charge in [-0.15, -0.1) is 0 Å². The highest BCUT2D eigenvalue weighted by atomic mass is 16.5. The van der Waals surface area contributed by atoms with Gasteiger partial charge in [-0.3, -0.25) is 0 Å². The van der Waals surface area contributed by atoms with Crippen LogP contribution in [0.3, 0.4) is 0 Å². The van der Waals surface area contributed by atoms with Crippen LogP contribution < -0.4 is 4.74 Å². The van der Waals surface area contributed by atoms with E-state index in [0.29, 0.717) is 0 Å². The van der Waals surface area contributed by atoms with Gasteiger partial charge in [-0.2, -0.15) is 0 Å². The van der Waals surface area contributed by atoms with Crippen molar-refractivity contribution in [2.75, 3.05) is 6.61 Å². The maximum Gasteiger partial charge on any atom is 0.119 e. The largest absolute Gasteiger partial charge is 0.494 e. The van der Waals surface area contributed by atoms with Gasteiger partial charge in [-0.1, -0.05) is 122 Å². The van der Waals surface area contributed by atoms with Crippen molar-refractivity contribution in [3.8, 4) is 16.9 Å². The zero-order valence-corrected chi connectivity index (χ0v) is 29.1. The Labute approximate surface area is 279 Å². The lowest BCUT2D eigenvalue weighted by atomic mass is 9.74. The molecule has 47 heavy (non-hydrogen) atoms. The van der Waals surface area contributed by atoms with E-state index >= 15 is 0 Å². The molecule has 0 atom stereocenters. The molecule has 0 heterocycles. The highest BCUT2D eigenvalue weighted by Crippen LogP contribution is 2.52. The minimum Gasteiger partial charge on any atom is -0.494 e. The van der Waals surface area contributed by atoms with Crippen LogP contribution in [0.4, 0.5) is 0 Å². The van der Waals surface area contributed by atoms with Crippen LogP contribution in [0.1, 0.15) is 85.3 Å². The second-order valence-corrected chi connectivity index (χ2v) is 15.9. The first kappa shape index (κ1) is 30.0. The highest BCUT2D eigenvalue weighted by Gasteiger charge is 2.28. The van der Waals surface area contributed by atoms with Crippen LogP contribution >= 0.6 is 0 Å². The molecule has 0 aliphatic carbocycles. The van der Waals surface area contributed by atoms with E-state index in [1.807, 2.05) is 0 Å². The second-order valence-electron chi connectivity index (χ2n) is 15.9. The zero-order chi connectivity index (χ0) is 32.7. The van der Waals surface area contributed by atoms with E-state index in [9.17, 15) is 0 Å². The summed E-state index contributed by atoms with van der Waals surface area (Å²) in [7, 11) is 0. The maximum atomic E-state index is 6.17. The van der Waals surface area contributed by atoms with Crippen LogP contribution in [-0.4, -0.2) is 6.61 Å². The van der Waals surface area contributed by atoms with Gasteiger partial charge in [0.05, 0.1) is 6.61 Å². The lowest BCUT2D eigenvalue weighted by Crippen LogP contribution is -2.13. The van der Waals surface area contributed by atoms with E-state index in [-0.39, 0.29) is 10.8 Å². The van der Waals surface area contributed by atoms with Crippen molar-refractivity contribution in [2.45, 2.75) is 85.0 Å². The maximum absolute atomic E-state index is 6.17. The summed E-state index contributed by atoms with van der Waals surface area (Å²) in [6.45, 7) is 17.1. The summed E-state index contributed by atoms with van der Waals surface area (Å²) < 4.78 is 6.17. The number of hydrogen-bond acceptors (Lipinski definition) is 1. The second kappa shape index (κ2) is 10.8. The molecule has 8 aromatic carbocycles. The number of fused-ring (bicyclic) bond motifs is 3. The summed E-state index contributed by atoms with van der Waals surface area (Å²) in [6.07, 6.45) is 4.85. The first-order valence-corrected chi connectivity index (χ1v) is 17.6. The van der Waals surface area contributed by atoms with E-state index in [1.165, 1.54) is 106 Å². The molecule has 8 rings (SSSR count). The minimum atomic E-state index is -0.0412. The number of hydrogen-bond donors (Lipinski definition) is 0. The standard InChI is InChI=1S/C46H46O/c1-8-9-10-13-22-47-34-20-18-28(19-21-34)36-25-32-23-29-14-11-12-15-35(29)42-37-27-33(45(2,3)4)24-30-16-17-31-26-38(46(5,6)7)43(36)44(41(32)42)40(31)39(30)37/h11-12,14-21,23-27H,8-10,13,22H2,1-7H3. The fraction of sp³-hybridized carbons (Fsp3) is 0.304. The third kappa shape index (κ3) is 4.81. The fourth-order valence-corrected chi connectivity index (χ4v) is 8.05. The van der Waals surface area contributed by atoms with E-state index in [2.05, 4.69) is 139 Å². The number of rotatable bonds is 7. The normalized spacial score (nSPS) is 13.0. The SMILES string of the molecule is CCCCCCOc1ccc(-c2cc3cc4ccccc4c4c5cc(C(C)(C)C)cc6ccc7cc(C(C)(C)C)c2c(c7c65)c34)cc1. The van der Waals surface area contributed by atoms with Gasteiger partial charge in [0.15, 0.2) is 0 Å². The molecule has 0 unspecified atom stereocenters. The van der Waals surface area contributed by atoms with E-state index in [0.717, 1.165) is 18.8 Å². The average Bonchev–Trinajstić information content (AvgIpc) is 3.05. The summed E-state index contributed by atoms with van der Waals surface area (Å²) in [5.74, 6) is 0.955. The molecule has 0 spiro atoms. The van der Waals surface area contributed by atoms with Gasteiger partial charge in [-0.05, 0) is 141 Å². The van der Waals surface area contributed by atoms with Crippen LogP contribution in [-0.2, 0) is 10.8 Å². The number of unbranched alkanes of at least 4 members (excludes halogenated alkanes) is 3. The van der Waals surface area contributed by atoms with Crippen LogP contribution in [0.15, 0.2) is 91.0 Å². The first-order chi connectivity index (χ1) is 22.5. The summed E-state index contributed by atoms with van der Waals surface area (Å²) in [4.78, 5) is 0.